The summed E-state index contributed by atoms with van der Waals surface area (Å²) in [5, 5.41) is 17.6. The summed E-state index contributed by atoms with van der Waals surface area (Å²) in [4.78, 5) is 29.4. The van der Waals surface area contributed by atoms with Crippen molar-refractivity contribution < 1.29 is 9.72 Å². The Morgan fingerprint density at radius 1 is 1.21 bits per heavy atom. The van der Waals surface area contributed by atoms with Gasteiger partial charge in [-0.2, -0.15) is 0 Å². The van der Waals surface area contributed by atoms with E-state index in [2.05, 4.69) is 15.6 Å². The van der Waals surface area contributed by atoms with Crippen LogP contribution in [-0.4, -0.2) is 35.9 Å². The van der Waals surface area contributed by atoms with Crippen molar-refractivity contribution in [3.05, 3.63) is 70.3 Å². The number of nitro benzene ring substituents is 1. The molecule has 0 aromatic heterocycles. The molecule has 0 spiro atoms. The molecule has 0 bridgehead atoms. The zero-order valence-electron chi connectivity index (χ0n) is 16.1. The summed E-state index contributed by atoms with van der Waals surface area (Å²) in [5.74, 6) is 0.589. The van der Waals surface area contributed by atoms with Gasteiger partial charge in [-0.15, -0.1) is 24.0 Å². The van der Waals surface area contributed by atoms with Crippen molar-refractivity contribution in [2.45, 2.75) is 25.9 Å². The number of anilines is 1. The van der Waals surface area contributed by atoms with Gasteiger partial charge in [-0.1, -0.05) is 36.4 Å². The second-order valence-corrected chi connectivity index (χ2v) is 6.47. The van der Waals surface area contributed by atoms with Gasteiger partial charge in [-0.3, -0.25) is 14.9 Å². The number of carbonyl (C=O) groups excluding carboxylic acids is 1. The van der Waals surface area contributed by atoms with Crippen LogP contribution in [0.1, 0.15) is 18.9 Å². The van der Waals surface area contributed by atoms with Crippen LogP contribution in [-0.2, 0) is 11.3 Å². The third-order valence-corrected chi connectivity index (χ3v) is 4.47. The van der Waals surface area contributed by atoms with Crippen LogP contribution in [0.4, 0.5) is 11.4 Å². The molecule has 1 fully saturated rings. The van der Waals surface area contributed by atoms with Gasteiger partial charge in [-0.05, 0) is 19.1 Å². The van der Waals surface area contributed by atoms with E-state index in [0.29, 0.717) is 31.0 Å². The molecule has 0 saturated carbocycles. The van der Waals surface area contributed by atoms with Crippen molar-refractivity contribution in [2.75, 3.05) is 18.0 Å². The van der Waals surface area contributed by atoms with Gasteiger partial charge >= 0.3 is 0 Å². The van der Waals surface area contributed by atoms with Gasteiger partial charge in [0.2, 0.25) is 5.91 Å². The van der Waals surface area contributed by atoms with Gasteiger partial charge in [0.15, 0.2) is 5.96 Å². The minimum Gasteiger partial charge on any atom is -0.357 e. The maximum atomic E-state index is 12.4. The maximum Gasteiger partial charge on any atom is 0.274 e. The molecule has 2 aromatic carbocycles. The van der Waals surface area contributed by atoms with Crippen LogP contribution in [0.15, 0.2) is 59.6 Å². The van der Waals surface area contributed by atoms with E-state index < -0.39 is 4.92 Å². The van der Waals surface area contributed by atoms with E-state index in [1.807, 2.05) is 37.3 Å². The van der Waals surface area contributed by atoms with Gasteiger partial charge in [0.05, 0.1) is 23.1 Å². The van der Waals surface area contributed by atoms with E-state index in [1.165, 1.54) is 6.07 Å². The number of aliphatic imine (C=N–C) groups is 1. The van der Waals surface area contributed by atoms with E-state index in [4.69, 9.17) is 0 Å². The number of nitro groups is 1. The van der Waals surface area contributed by atoms with Crippen molar-refractivity contribution in [1.29, 1.82) is 0 Å². The van der Waals surface area contributed by atoms with Gasteiger partial charge in [0.25, 0.3) is 5.69 Å². The van der Waals surface area contributed by atoms with E-state index in [-0.39, 0.29) is 48.2 Å². The standard InChI is InChI=1S/C20H23N5O3.HI/c1-2-21-20(22-13-15-8-6-7-11-18(15)25(27)28)23-16-12-19(26)24(14-16)17-9-4-3-5-10-17;/h3-11,16H,2,12-14H2,1H3,(H2,21,22,23);1H. The summed E-state index contributed by atoms with van der Waals surface area (Å²) in [5.41, 5.74) is 1.46. The molecule has 0 radical (unpaired) electrons. The third-order valence-electron chi connectivity index (χ3n) is 4.47. The number of amides is 1. The molecule has 29 heavy (non-hydrogen) atoms. The fourth-order valence-corrected chi connectivity index (χ4v) is 3.16. The first-order valence-electron chi connectivity index (χ1n) is 9.21. The van der Waals surface area contributed by atoms with Gasteiger partial charge < -0.3 is 15.5 Å². The van der Waals surface area contributed by atoms with Gasteiger partial charge in [0, 0.05) is 31.3 Å². The Morgan fingerprint density at radius 2 is 1.90 bits per heavy atom. The molecule has 1 aliphatic rings. The summed E-state index contributed by atoms with van der Waals surface area (Å²) >= 11 is 0. The van der Waals surface area contributed by atoms with Crippen molar-refractivity contribution in [1.82, 2.24) is 10.6 Å². The van der Waals surface area contributed by atoms with Crippen LogP contribution < -0.4 is 15.5 Å². The van der Waals surface area contributed by atoms with Crippen LogP contribution in [0.25, 0.3) is 0 Å². The molecule has 1 aliphatic heterocycles. The highest BCUT2D eigenvalue weighted by Crippen LogP contribution is 2.21. The summed E-state index contributed by atoms with van der Waals surface area (Å²) in [7, 11) is 0. The Bertz CT molecular complexity index is 875. The maximum absolute atomic E-state index is 12.4. The molecule has 1 unspecified atom stereocenters. The number of para-hydroxylation sites is 2. The number of hydrogen-bond donors (Lipinski definition) is 2. The molecule has 3 rings (SSSR count). The number of rotatable bonds is 6. The molecule has 154 valence electrons. The van der Waals surface area contributed by atoms with Crippen molar-refractivity contribution in [3.63, 3.8) is 0 Å². The number of benzene rings is 2. The Hall–Kier alpha value is -2.69. The first-order valence-corrected chi connectivity index (χ1v) is 9.21. The summed E-state index contributed by atoms with van der Waals surface area (Å²) < 4.78 is 0. The average molecular weight is 509 g/mol. The summed E-state index contributed by atoms with van der Waals surface area (Å²) in [6.45, 7) is 3.30. The highest BCUT2D eigenvalue weighted by atomic mass is 127. The zero-order chi connectivity index (χ0) is 19.9. The third kappa shape index (κ3) is 5.89. The second kappa shape index (κ2) is 10.7. The molecule has 1 saturated heterocycles. The predicted octanol–water partition coefficient (Wildman–Crippen LogP) is 3.07. The Labute approximate surface area is 186 Å². The van der Waals surface area contributed by atoms with Crippen LogP contribution in [0.2, 0.25) is 0 Å². The van der Waals surface area contributed by atoms with Crippen LogP contribution in [0, 0.1) is 10.1 Å². The summed E-state index contributed by atoms with van der Waals surface area (Å²) in [6, 6.07) is 16.0. The van der Waals surface area contributed by atoms with Crippen molar-refractivity contribution in [2.24, 2.45) is 4.99 Å². The molecule has 8 nitrogen and oxygen atoms in total. The number of nitrogens with zero attached hydrogens (tertiary/aromatic N) is 3. The number of hydrogen-bond acceptors (Lipinski definition) is 4. The molecular formula is C20H24IN5O3. The Kier molecular flexibility index (Phi) is 8.37. The first kappa shape index (κ1) is 22.6. The predicted molar refractivity (Wildman–Crippen MR) is 124 cm³/mol. The topological polar surface area (TPSA) is 99.9 Å². The second-order valence-electron chi connectivity index (χ2n) is 6.47. The molecule has 2 N–H and O–H groups in total. The molecule has 0 aliphatic carbocycles. The number of carbonyl (C=O) groups is 1. The molecule has 1 heterocycles. The molecule has 2 aromatic rings. The molecule has 9 heteroatoms. The van der Waals surface area contributed by atoms with E-state index >= 15 is 0 Å². The lowest BCUT2D eigenvalue weighted by Crippen LogP contribution is -2.44. The van der Waals surface area contributed by atoms with Crippen LogP contribution in [0.5, 0.6) is 0 Å². The Balaban J connectivity index is 0.00000300. The smallest absolute Gasteiger partial charge is 0.274 e. The zero-order valence-corrected chi connectivity index (χ0v) is 18.4. The van der Waals surface area contributed by atoms with Crippen molar-refractivity contribution in [3.8, 4) is 0 Å². The van der Waals surface area contributed by atoms with Crippen LogP contribution in [0.3, 0.4) is 0 Å². The molecular weight excluding hydrogens is 485 g/mol. The van der Waals surface area contributed by atoms with E-state index in [0.717, 1.165) is 5.69 Å². The average Bonchev–Trinajstić information content (AvgIpc) is 3.07. The lowest BCUT2D eigenvalue weighted by atomic mass is 10.2. The quantitative estimate of drug-likeness (QED) is 0.205. The van der Waals surface area contributed by atoms with Gasteiger partial charge in [-0.25, -0.2) is 4.99 Å². The summed E-state index contributed by atoms with van der Waals surface area (Å²) in [6.07, 6.45) is 0.366. The minimum absolute atomic E-state index is 0. The normalized spacial score (nSPS) is 16.3. The van der Waals surface area contributed by atoms with Crippen molar-refractivity contribution >= 4 is 47.2 Å². The Morgan fingerprint density at radius 3 is 2.59 bits per heavy atom. The number of guanidine groups is 1. The molecule has 1 amide bonds. The fourth-order valence-electron chi connectivity index (χ4n) is 3.16. The van der Waals surface area contributed by atoms with E-state index in [1.54, 1.807) is 23.1 Å². The first-order chi connectivity index (χ1) is 13.6. The fraction of sp³-hybridized carbons (Fsp3) is 0.300. The minimum atomic E-state index is -0.404. The van der Waals surface area contributed by atoms with Crippen LogP contribution >= 0.6 is 24.0 Å². The monoisotopic (exact) mass is 509 g/mol. The lowest BCUT2D eigenvalue weighted by molar-refractivity contribution is -0.385. The molecule has 1 atom stereocenters. The highest BCUT2D eigenvalue weighted by Gasteiger charge is 2.31. The number of halogens is 1. The SMILES string of the molecule is CCNC(=NCc1ccccc1[N+](=O)[O-])NC1CC(=O)N(c2ccccc2)C1.I. The van der Waals surface area contributed by atoms with E-state index in [9.17, 15) is 14.9 Å². The lowest BCUT2D eigenvalue weighted by Gasteiger charge is -2.19. The number of nitrogens with one attached hydrogen (secondary N) is 2. The van der Waals surface area contributed by atoms with Gasteiger partial charge in [0.1, 0.15) is 0 Å². The highest BCUT2D eigenvalue weighted by molar-refractivity contribution is 14.0. The largest absolute Gasteiger partial charge is 0.357 e.